The fourth-order valence-electron chi connectivity index (χ4n) is 3.06. The molecule has 0 aliphatic heterocycles. The molecule has 3 rings (SSSR count). The van der Waals surface area contributed by atoms with Crippen molar-refractivity contribution < 1.29 is 19.0 Å². The first-order valence-electron chi connectivity index (χ1n) is 10.5. The Balaban J connectivity index is 1.57. The number of nitrogens with one attached hydrogen (secondary N) is 1. The normalized spacial score (nSPS) is 10.7. The second-order valence-corrected chi connectivity index (χ2v) is 7.19. The maximum Gasteiger partial charge on any atom is 0.271 e. The van der Waals surface area contributed by atoms with E-state index in [9.17, 15) is 4.79 Å². The van der Waals surface area contributed by atoms with Crippen molar-refractivity contribution in [1.82, 2.24) is 5.43 Å². The van der Waals surface area contributed by atoms with Gasteiger partial charge < -0.3 is 14.2 Å². The predicted molar refractivity (Wildman–Crippen MR) is 126 cm³/mol. The molecular formula is C26H28N2O4. The van der Waals surface area contributed by atoms with Gasteiger partial charge in [0.1, 0.15) is 5.75 Å². The minimum Gasteiger partial charge on any atom is -0.493 e. The maximum atomic E-state index is 12.2. The van der Waals surface area contributed by atoms with Gasteiger partial charge in [0.2, 0.25) is 0 Å². The summed E-state index contributed by atoms with van der Waals surface area (Å²) in [5.74, 6) is 1.78. The summed E-state index contributed by atoms with van der Waals surface area (Å²) in [7, 11) is 1.59. The van der Waals surface area contributed by atoms with E-state index in [1.165, 1.54) is 5.56 Å². The largest absolute Gasteiger partial charge is 0.493 e. The predicted octanol–water partition coefficient (Wildman–Crippen LogP) is 4.92. The van der Waals surface area contributed by atoms with Gasteiger partial charge in [-0.3, -0.25) is 4.79 Å². The summed E-state index contributed by atoms with van der Waals surface area (Å²) < 4.78 is 17.3. The second kappa shape index (κ2) is 11.6. The number of hydrogen-bond donors (Lipinski definition) is 1. The van der Waals surface area contributed by atoms with Gasteiger partial charge in [-0.15, -0.1) is 0 Å². The molecule has 0 aliphatic rings. The van der Waals surface area contributed by atoms with Crippen LogP contribution in [0.15, 0.2) is 71.8 Å². The van der Waals surface area contributed by atoms with Crippen LogP contribution in [0, 0.1) is 13.8 Å². The molecule has 0 unspecified atom stereocenters. The van der Waals surface area contributed by atoms with E-state index in [0.717, 1.165) is 11.3 Å². The number of nitrogens with zero attached hydrogens (tertiary/aromatic N) is 1. The lowest BCUT2D eigenvalue weighted by Crippen LogP contribution is -2.17. The van der Waals surface area contributed by atoms with Gasteiger partial charge in [-0.25, -0.2) is 5.43 Å². The monoisotopic (exact) mass is 432 g/mol. The van der Waals surface area contributed by atoms with Crippen molar-refractivity contribution in [3.8, 4) is 17.2 Å². The molecule has 0 spiro atoms. The van der Waals surface area contributed by atoms with Crippen molar-refractivity contribution in [2.75, 3.05) is 20.3 Å². The number of amides is 1. The molecule has 0 aliphatic carbocycles. The van der Waals surface area contributed by atoms with Gasteiger partial charge in [0.25, 0.3) is 5.91 Å². The number of carbonyl (C=O) groups excluding carboxylic acids is 1. The van der Waals surface area contributed by atoms with E-state index in [-0.39, 0.29) is 5.91 Å². The van der Waals surface area contributed by atoms with Crippen LogP contribution >= 0.6 is 0 Å². The molecule has 0 fully saturated rings. The van der Waals surface area contributed by atoms with Gasteiger partial charge in [0, 0.05) is 17.5 Å². The van der Waals surface area contributed by atoms with Crippen molar-refractivity contribution in [2.24, 2.45) is 5.10 Å². The van der Waals surface area contributed by atoms with Crippen LogP contribution in [0.5, 0.6) is 17.2 Å². The van der Waals surface area contributed by atoms with Crippen LogP contribution in [-0.2, 0) is 0 Å². The third-order valence-electron chi connectivity index (χ3n) is 4.98. The van der Waals surface area contributed by atoms with Gasteiger partial charge in [-0.05, 0) is 55.3 Å². The lowest BCUT2D eigenvalue weighted by molar-refractivity contribution is 0.0955. The average molecular weight is 433 g/mol. The first-order chi connectivity index (χ1) is 15.6. The highest BCUT2D eigenvalue weighted by molar-refractivity contribution is 5.95. The number of methoxy groups -OCH3 is 1. The highest BCUT2D eigenvalue weighted by Gasteiger charge is 2.10. The molecule has 0 atom stereocenters. The first kappa shape index (κ1) is 22.9. The van der Waals surface area contributed by atoms with E-state index in [1.807, 2.05) is 36.4 Å². The standard InChI is InChI=1S/C26H28N2O4/c1-19-10-7-14-23(20(19)2)31-16-9-17-32-25-22(13-8-15-24(25)30-3)18-27-28-26(29)21-11-5-4-6-12-21/h4-8,10-15,18H,9,16-17H2,1-3H3,(H,28,29)/b27-18-. The quantitative estimate of drug-likeness (QED) is 0.280. The molecule has 0 aromatic heterocycles. The Morgan fingerprint density at radius 3 is 2.41 bits per heavy atom. The van der Waals surface area contributed by atoms with E-state index >= 15 is 0 Å². The molecule has 166 valence electrons. The molecule has 0 saturated heterocycles. The van der Waals surface area contributed by atoms with Crippen molar-refractivity contribution in [2.45, 2.75) is 20.3 Å². The number of hydrogen-bond acceptors (Lipinski definition) is 5. The Hall–Kier alpha value is -3.80. The minimum absolute atomic E-state index is 0.282. The van der Waals surface area contributed by atoms with Gasteiger partial charge >= 0.3 is 0 Å². The number of aryl methyl sites for hydroxylation is 1. The molecule has 0 heterocycles. The number of carbonyl (C=O) groups is 1. The zero-order chi connectivity index (χ0) is 22.8. The second-order valence-electron chi connectivity index (χ2n) is 7.19. The van der Waals surface area contributed by atoms with Crippen LogP contribution in [-0.4, -0.2) is 32.4 Å². The van der Waals surface area contributed by atoms with Crippen molar-refractivity contribution in [3.05, 3.63) is 89.0 Å². The number of ether oxygens (including phenoxy) is 3. The van der Waals surface area contributed by atoms with E-state index < -0.39 is 0 Å². The number of benzene rings is 3. The molecule has 1 amide bonds. The minimum atomic E-state index is -0.282. The van der Waals surface area contributed by atoms with Crippen LogP contribution in [0.2, 0.25) is 0 Å². The smallest absolute Gasteiger partial charge is 0.271 e. The molecule has 3 aromatic rings. The van der Waals surface area contributed by atoms with Crippen LogP contribution in [0.1, 0.15) is 33.5 Å². The number of para-hydroxylation sites is 1. The van der Waals surface area contributed by atoms with Crippen LogP contribution < -0.4 is 19.6 Å². The lowest BCUT2D eigenvalue weighted by atomic mass is 10.1. The summed E-state index contributed by atoms with van der Waals surface area (Å²) in [6.07, 6.45) is 2.25. The van der Waals surface area contributed by atoms with Crippen molar-refractivity contribution in [3.63, 3.8) is 0 Å². The molecule has 6 heteroatoms. The van der Waals surface area contributed by atoms with Crippen molar-refractivity contribution >= 4 is 12.1 Å². The van der Waals surface area contributed by atoms with E-state index in [4.69, 9.17) is 14.2 Å². The molecule has 32 heavy (non-hydrogen) atoms. The SMILES string of the molecule is COc1cccc(/C=N\NC(=O)c2ccccc2)c1OCCCOc1cccc(C)c1C. The van der Waals surface area contributed by atoms with Gasteiger partial charge in [-0.2, -0.15) is 5.10 Å². The molecule has 0 saturated carbocycles. The van der Waals surface area contributed by atoms with Gasteiger partial charge in [0.05, 0.1) is 26.5 Å². The third-order valence-corrected chi connectivity index (χ3v) is 4.98. The lowest BCUT2D eigenvalue weighted by Gasteiger charge is -2.14. The van der Waals surface area contributed by atoms with E-state index in [2.05, 4.69) is 30.4 Å². The zero-order valence-corrected chi connectivity index (χ0v) is 18.6. The fourth-order valence-corrected chi connectivity index (χ4v) is 3.06. The van der Waals surface area contributed by atoms with Crippen LogP contribution in [0.4, 0.5) is 0 Å². The molecule has 1 N–H and O–H groups in total. The molecule has 0 bridgehead atoms. The number of hydrazone groups is 1. The average Bonchev–Trinajstić information content (AvgIpc) is 2.82. The maximum absolute atomic E-state index is 12.2. The fraction of sp³-hybridized carbons (Fsp3) is 0.231. The van der Waals surface area contributed by atoms with Crippen molar-refractivity contribution in [1.29, 1.82) is 0 Å². The zero-order valence-electron chi connectivity index (χ0n) is 18.6. The Kier molecular flexibility index (Phi) is 8.26. The Morgan fingerprint density at radius 2 is 1.62 bits per heavy atom. The highest BCUT2D eigenvalue weighted by atomic mass is 16.5. The molecule has 0 radical (unpaired) electrons. The van der Waals surface area contributed by atoms with Gasteiger partial charge in [0.15, 0.2) is 11.5 Å². The summed E-state index contributed by atoms with van der Waals surface area (Å²) in [5.41, 5.74) is 6.12. The summed E-state index contributed by atoms with van der Waals surface area (Å²) in [6.45, 7) is 5.11. The summed E-state index contributed by atoms with van der Waals surface area (Å²) in [6, 6.07) is 20.5. The molecule has 3 aromatic carbocycles. The summed E-state index contributed by atoms with van der Waals surface area (Å²) in [4.78, 5) is 12.2. The molecule has 6 nitrogen and oxygen atoms in total. The summed E-state index contributed by atoms with van der Waals surface area (Å²) >= 11 is 0. The molecular weight excluding hydrogens is 404 g/mol. The third kappa shape index (κ3) is 6.11. The van der Waals surface area contributed by atoms with E-state index in [0.29, 0.717) is 42.3 Å². The summed E-state index contributed by atoms with van der Waals surface area (Å²) in [5, 5.41) is 4.07. The highest BCUT2D eigenvalue weighted by Crippen LogP contribution is 2.30. The van der Waals surface area contributed by atoms with Crippen LogP contribution in [0.3, 0.4) is 0 Å². The van der Waals surface area contributed by atoms with Crippen LogP contribution in [0.25, 0.3) is 0 Å². The topological polar surface area (TPSA) is 69.2 Å². The Labute approximate surface area is 188 Å². The first-order valence-corrected chi connectivity index (χ1v) is 10.5. The van der Waals surface area contributed by atoms with Gasteiger partial charge in [-0.1, -0.05) is 36.4 Å². The Bertz CT molecular complexity index is 1060. The van der Waals surface area contributed by atoms with E-state index in [1.54, 1.807) is 37.6 Å². The number of rotatable bonds is 10. The Morgan fingerprint density at radius 1 is 0.906 bits per heavy atom.